The topological polar surface area (TPSA) is 62.2 Å². The molecule has 3 aromatic carbocycles. The van der Waals surface area contributed by atoms with Gasteiger partial charge in [-0.05, 0) is 125 Å². The summed E-state index contributed by atoms with van der Waals surface area (Å²) in [5, 5.41) is 19.1. The highest BCUT2D eigenvalue weighted by Crippen LogP contribution is 2.37. The molecule has 3 aromatic rings. The van der Waals surface area contributed by atoms with Crippen LogP contribution in [0.5, 0.6) is 0 Å². The van der Waals surface area contributed by atoms with Gasteiger partial charge in [-0.2, -0.15) is 0 Å². The molecule has 226 valence electrons. The van der Waals surface area contributed by atoms with Gasteiger partial charge in [0.2, 0.25) is 0 Å². The molecule has 5 heteroatoms. The van der Waals surface area contributed by atoms with Crippen LogP contribution in [-0.4, -0.2) is 36.6 Å². The maximum Gasteiger partial charge on any atom is 0.183 e. The number of hydrogen-bond donors (Lipinski definition) is 2. The molecule has 0 saturated heterocycles. The number of aliphatic hydroxyl groups is 2. The fraction of sp³-hybridized carbons (Fsp3) is 0.514. The van der Waals surface area contributed by atoms with Crippen LogP contribution in [0.25, 0.3) is 0 Å². The molecule has 0 spiro atoms. The van der Waals surface area contributed by atoms with Crippen molar-refractivity contribution in [2.24, 2.45) is 23.7 Å². The van der Waals surface area contributed by atoms with E-state index in [9.17, 15) is 10.2 Å². The summed E-state index contributed by atoms with van der Waals surface area (Å²) in [6, 6.07) is 26.0. The van der Waals surface area contributed by atoms with E-state index in [2.05, 4.69) is 91.5 Å². The van der Waals surface area contributed by atoms with E-state index in [0.717, 1.165) is 74.0 Å². The van der Waals surface area contributed by atoms with Gasteiger partial charge in [-0.1, -0.05) is 47.5 Å². The smallest absolute Gasteiger partial charge is 0.183 e. The molecular weight excluding hydrogens is 522 g/mol. The van der Waals surface area contributed by atoms with Gasteiger partial charge in [0.05, 0.1) is 13.2 Å². The van der Waals surface area contributed by atoms with E-state index < -0.39 is 6.29 Å². The number of nitrogens with zero attached hydrogens (tertiary/aromatic N) is 1. The highest BCUT2D eigenvalue weighted by Gasteiger charge is 2.25. The van der Waals surface area contributed by atoms with Crippen molar-refractivity contribution < 1.29 is 19.7 Å². The molecule has 5 nitrogen and oxygen atoms in total. The third kappa shape index (κ3) is 8.23. The van der Waals surface area contributed by atoms with Crippen molar-refractivity contribution in [3.8, 4) is 0 Å². The van der Waals surface area contributed by atoms with Crippen LogP contribution in [0.3, 0.4) is 0 Å². The summed E-state index contributed by atoms with van der Waals surface area (Å²) in [6.45, 7) is 6.19. The lowest BCUT2D eigenvalue weighted by molar-refractivity contribution is -0.166. The average molecular weight is 572 g/mol. The highest BCUT2D eigenvalue weighted by molar-refractivity contribution is 5.76. The maximum atomic E-state index is 9.53. The summed E-state index contributed by atoms with van der Waals surface area (Å²) in [5.74, 6) is 1.91. The molecular formula is C37H49NO4. The second-order valence-electron chi connectivity index (χ2n) is 12.7. The third-order valence-corrected chi connectivity index (χ3v) is 9.42. The van der Waals surface area contributed by atoms with Crippen LogP contribution >= 0.6 is 0 Å². The van der Waals surface area contributed by atoms with E-state index >= 15 is 0 Å². The summed E-state index contributed by atoms with van der Waals surface area (Å²) in [5.41, 5.74) is 6.86. The van der Waals surface area contributed by atoms with Gasteiger partial charge in [-0.25, -0.2) is 0 Å². The zero-order valence-corrected chi connectivity index (χ0v) is 25.5. The molecule has 2 aliphatic carbocycles. The molecule has 0 unspecified atom stereocenters. The van der Waals surface area contributed by atoms with Crippen LogP contribution in [0.2, 0.25) is 0 Å². The van der Waals surface area contributed by atoms with E-state index in [1.807, 2.05) is 0 Å². The Morgan fingerprint density at radius 3 is 1.24 bits per heavy atom. The minimum absolute atomic E-state index is 0.298. The Balaban J connectivity index is 1.32. The van der Waals surface area contributed by atoms with Crippen molar-refractivity contribution in [3.63, 3.8) is 0 Å². The van der Waals surface area contributed by atoms with Crippen LogP contribution in [0, 0.1) is 37.5 Å². The van der Waals surface area contributed by atoms with Gasteiger partial charge in [0, 0.05) is 35.8 Å². The fourth-order valence-electron chi connectivity index (χ4n) is 6.46. The SMILES string of the molecule is Cc1ccc(N(c2ccc(C)cc2)c2ccc(C(OCC3CCC(CO)CC3)OCC3CCC(CO)CC3)cc2)cc1. The number of anilines is 3. The van der Waals surface area contributed by atoms with Crippen LogP contribution < -0.4 is 4.90 Å². The molecule has 2 aliphatic rings. The van der Waals surface area contributed by atoms with Gasteiger partial charge in [0.15, 0.2) is 6.29 Å². The van der Waals surface area contributed by atoms with Gasteiger partial charge in [-0.15, -0.1) is 0 Å². The Hall–Kier alpha value is -2.70. The van der Waals surface area contributed by atoms with Gasteiger partial charge in [0.25, 0.3) is 0 Å². The van der Waals surface area contributed by atoms with Crippen LogP contribution in [0.15, 0.2) is 72.8 Å². The Morgan fingerprint density at radius 2 is 0.881 bits per heavy atom. The number of rotatable bonds is 12. The van der Waals surface area contributed by atoms with Crippen molar-refractivity contribution in [2.75, 3.05) is 31.3 Å². The number of ether oxygens (including phenoxy) is 2. The minimum atomic E-state index is -0.405. The van der Waals surface area contributed by atoms with Crippen molar-refractivity contribution in [3.05, 3.63) is 89.5 Å². The van der Waals surface area contributed by atoms with E-state index in [1.165, 1.54) is 11.1 Å². The van der Waals surface area contributed by atoms with Gasteiger partial charge >= 0.3 is 0 Å². The van der Waals surface area contributed by atoms with Crippen LogP contribution in [-0.2, 0) is 9.47 Å². The first-order chi connectivity index (χ1) is 20.5. The molecule has 2 saturated carbocycles. The van der Waals surface area contributed by atoms with E-state index in [0.29, 0.717) is 50.1 Å². The summed E-state index contributed by atoms with van der Waals surface area (Å²) < 4.78 is 13.1. The monoisotopic (exact) mass is 571 g/mol. The number of benzene rings is 3. The van der Waals surface area contributed by atoms with Gasteiger partial charge < -0.3 is 24.6 Å². The molecule has 0 aromatic heterocycles. The highest BCUT2D eigenvalue weighted by atomic mass is 16.7. The summed E-state index contributed by atoms with van der Waals surface area (Å²) in [6.07, 6.45) is 8.30. The van der Waals surface area contributed by atoms with Gasteiger partial charge in [0.1, 0.15) is 0 Å². The minimum Gasteiger partial charge on any atom is -0.396 e. The van der Waals surface area contributed by atoms with Crippen molar-refractivity contribution in [1.29, 1.82) is 0 Å². The second-order valence-corrected chi connectivity index (χ2v) is 12.7. The fourth-order valence-corrected chi connectivity index (χ4v) is 6.46. The average Bonchev–Trinajstić information content (AvgIpc) is 3.04. The first kappa shape index (κ1) is 30.7. The second kappa shape index (κ2) is 15.2. The predicted octanol–water partition coefficient (Wildman–Crippen LogP) is 8.40. The summed E-state index contributed by atoms with van der Waals surface area (Å²) in [7, 11) is 0. The lowest BCUT2D eigenvalue weighted by Crippen LogP contribution is -2.24. The molecule has 5 rings (SSSR count). The number of aryl methyl sites for hydroxylation is 2. The largest absolute Gasteiger partial charge is 0.396 e. The first-order valence-electron chi connectivity index (χ1n) is 16.0. The van der Waals surface area contributed by atoms with E-state index in [-0.39, 0.29) is 0 Å². The molecule has 2 fully saturated rings. The first-order valence-corrected chi connectivity index (χ1v) is 16.0. The van der Waals surface area contributed by atoms with Crippen LogP contribution in [0.1, 0.15) is 74.3 Å². The standard InChI is InChI=1S/C37H49NO4/c1-27-3-17-34(18-4-27)38(35-19-5-28(2)6-20-35)36-21-15-33(16-22-36)37(41-25-31-11-7-29(23-39)8-12-31)42-26-32-13-9-30(24-40)10-14-32/h3-6,15-22,29-32,37,39-40H,7-14,23-26H2,1-2H3. The molecule has 0 radical (unpaired) electrons. The van der Waals surface area contributed by atoms with E-state index in [1.54, 1.807) is 0 Å². The van der Waals surface area contributed by atoms with Crippen molar-refractivity contribution in [1.82, 2.24) is 0 Å². The maximum absolute atomic E-state index is 9.53. The molecule has 0 bridgehead atoms. The Morgan fingerprint density at radius 1 is 0.548 bits per heavy atom. The Labute approximate surface area is 252 Å². The van der Waals surface area contributed by atoms with Crippen molar-refractivity contribution in [2.45, 2.75) is 71.5 Å². The molecule has 42 heavy (non-hydrogen) atoms. The third-order valence-electron chi connectivity index (χ3n) is 9.42. The zero-order valence-electron chi connectivity index (χ0n) is 25.5. The molecule has 0 atom stereocenters. The van der Waals surface area contributed by atoms with Crippen LogP contribution in [0.4, 0.5) is 17.1 Å². The van der Waals surface area contributed by atoms with Gasteiger partial charge in [-0.3, -0.25) is 0 Å². The zero-order chi connectivity index (χ0) is 29.3. The van der Waals surface area contributed by atoms with E-state index in [4.69, 9.17) is 9.47 Å². The number of hydrogen-bond acceptors (Lipinski definition) is 5. The van der Waals surface area contributed by atoms with Crippen molar-refractivity contribution >= 4 is 17.1 Å². The molecule has 2 N–H and O–H groups in total. The normalized spacial score (nSPS) is 23.4. The Bertz CT molecular complexity index is 1120. The molecule has 0 aliphatic heterocycles. The summed E-state index contributed by atoms with van der Waals surface area (Å²) in [4.78, 5) is 2.29. The molecule has 0 amide bonds. The molecule has 0 heterocycles. The Kier molecular flexibility index (Phi) is 11.1. The quantitative estimate of drug-likeness (QED) is 0.214. The lowest BCUT2D eigenvalue weighted by atomic mass is 9.83. The lowest BCUT2D eigenvalue weighted by Gasteiger charge is -2.31. The number of aliphatic hydroxyl groups excluding tert-OH is 2. The summed E-state index contributed by atoms with van der Waals surface area (Å²) >= 11 is 0. The predicted molar refractivity (Wildman–Crippen MR) is 170 cm³/mol.